The standard InChI is InChI=1S/C9H15IO3/c1-2-12-9(11)8-5-3-4-7(6-10)13-8/h7-8H,2-6H2,1H3/t7-,8-/m1/s1. The Bertz CT molecular complexity index is 172. The van der Waals surface area contributed by atoms with Gasteiger partial charge >= 0.3 is 5.97 Å². The van der Waals surface area contributed by atoms with E-state index in [2.05, 4.69) is 22.6 Å². The van der Waals surface area contributed by atoms with Gasteiger partial charge in [0.1, 0.15) is 0 Å². The lowest BCUT2D eigenvalue weighted by Crippen LogP contribution is -2.35. The van der Waals surface area contributed by atoms with E-state index < -0.39 is 0 Å². The van der Waals surface area contributed by atoms with Crippen LogP contribution >= 0.6 is 22.6 Å². The quantitative estimate of drug-likeness (QED) is 0.454. The zero-order valence-corrected chi connectivity index (χ0v) is 9.95. The van der Waals surface area contributed by atoms with Gasteiger partial charge in [-0.3, -0.25) is 0 Å². The molecule has 0 saturated carbocycles. The molecule has 0 N–H and O–H groups in total. The Balaban J connectivity index is 2.37. The summed E-state index contributed by atoms with van der Waals surface area (Å²) in [6.45, 7) is 2.25. The van der Waals surface area contributed by atoms with Crippen molar-refractivity contribution in [1.82, 2.24) is 0 Å². The summed E-state index contributed by atoms with van der Waals surface area (Å²) in [6, 6.07) is 0. The van der Waals surface area contributed by atoms with Gasteiger partial charge in [-0.15, -0.1) is 0 Å². The molecule has 1 saturated heterocycles. The van der Waals surface area contributed by atoms with Gasteiger partial charge in [-0.1, -0.05) is 22.6 Å². The molecule has 1 fully saturated rings. The SMILES string of the molecule is CCOC(=O)[C@H]1CCC[C@H](CI)O1. The first-order valence-electron chi connectivity index (χ1n) is 4.66. The highest BCUT2D eigenvalue weighted by Gasteiger charge is 2.27. The van der Waals surface area contributed by atoms with E-state index in [0.29, 0.717) is 6.61 Å². The number of carbonyl (C=O) groups excluding carboxylic acids is 1. The molecule has 0 aromatic carbocycles. The highest BCUT2D eigenvalue weighted by molar-refractivity contribution is 14.1. The van der Waals surface area contributed by atoms with Crippen molar-refractivity contribution in [3.63, 3.8) is 0 Å². The fourth-order valence-electron chi connectivity index (χ4n) is 1.42. The van der Waals surface area contributed by atoms with Crippen LogP contribution in [0.3, 0.4) is 0 Å². The number of ether oxygens (including phenoxy) is 2. The summed E-state index contributed by atoms with van der Waals surface area (Å²) in [5, 5.41) is 0. The Morgan fingerprint density at radius 2 is 2.38 bits per heavy atom. The molecule has 4 heteroatoms. The number of hydrogen-bond acceptors (Lipinski definition) is 3. The summed E-state index contributed by atoms with van der Waals surface area (Å²) >= 11 is 2.28. The van der Waals surface area contributed by atoms with Gasteiger partial charge in [0.05, 0.1) is 12.7 Å². The average molecular weight is 298 g/mol. The lowest BCUT2D eigenvalue weighted by molar-refractivity contribution is -0.163. The summed E-state index contributed by atoms with van der Waals surface area (Å²) in [5.41, 5.74) is 0. The predicted molar refractivity (Wildman–Crippen MR) is 58.0 cm³/mol. The summed E-state index contributed by atoms with van der Waals surface area (Å²) in [7, 11) is 0. The second-order valence-electron chi connectivity index (χ2n) is 3.08. The third-order valence-corrected chi connectivity index (χ3v) is 3.05. The van der Waals surface area contributed by atoms with Crippen LogP contribution in [0.15, 0.2) is 0 Å². The van der Waals surface area contributed by atoms with Crippen molar-refractivity contribution < 1.29 is 14.3 Å². The molecule has 1 rings (SSSR count). The highest BCUT2D eigenvalue weighted by atomic mass is 127. The molecule has 0 unspecified atom stereocenters. The van der Waals surface area contributed by atoms with Crippen molar-refractivity contribution in [2.75, 3.05) is 11.0 Å². The molecule has 0 aromatic rings. The predicted octanol–water partition coefficient (Wildman–Crippen LogP) is 1.92. The normalized spacial score (nSPS) is 28.5. The van der Waals surface area contributed by atoms with E-state index in [-0.39, 0.29) is 18.2 Å². The summed E-state index contributed by atoms with van der Waals surface area (Å²) in [6.07, 6.45) is 2.87. The van der Waals surface area contributed by atoms with Gasteiger partial charge in [0.25, 0.3) is 0 Å². The van der Waals surface area contributed by atoms with E-state index in [1.807, 2.05) is 6.92 Å². The number of halogens is 1. The van der Waals surface area contributed by atoms with E-state index in [4.69, 9.17) is 9.47 Å². The number of esters is 1. The fraction of sp³-hybridized carbons (Fsp3) is 0.889. The van der Waals surface area contributed by atoms with E-state index in [9.17, 15) is 4.79 Å². The second-order valence-corrected chi connectivity index (χ2v) is 3.96. The third-order valence-electron chi connectivity index (χ3n) is 2.07. The first-order chi connectivity index (χ1) is 6.27. The number of alkyl halides is 1. The smallest absolute Gasteiger partial charge is 0.335 e. The molecule has 13 heavy (non-hydrogen) atoms. The van der Waals surface area contributed by atoms with Gasteiger partial charge in [-0.2, -0.15) is 0 Å². The molecule has 1 aliphatic heterocycles. The van der Waals surface area contributed by atoms with E-state index in [1.54, 1.807) is 0 Å². The molecule has 0 bridgehead atoms. The fourth-order valence-corrected chi connectivity index (χ4v) is 2.07. The lowest BCUT2D eigenvalue weighted by Gasteiger charge is -2.27. The molecular formula is C9H15IO3. The van der Waals surface area contributed by atoms with Crippen LogP contribution in [0.2, 0.25) is 0 Å². The topological polar surface area (TPSA) is 35.5 Å². The van der Waals surface area contributed by atoms with E-state index >= 15 is 0 Å². The third kappa shape index (κ3) is 3.42. The first-order valence-corrected chi connectivity index (χ1v) is 6.18. The van der Waals surface area contributed by atoms with Crippen LogP contribution in [-0.4, -0.2) is 29.2 Å². The second kappa shape index (κ2) is 5.80. The average Bonchev–Trinajstić information content (AvgIpc) is 2.18. The number of carbonyl (C=O) groups is 1. The van der Waals surface area contributed by atoms with Crippen LogP contribution in [0.4, 0.5) is 0 Å². The number of hydrogen-bond donors (Lipinski definition) is 0. The van der Waals surface area contributed by atoms with Crippen molar-refractivity contribution in [2.24, 2.45) is 0 Å². The Kier molecular flexibility index (Phi) is 5.01. The Hall–Kier alpha value is 0.160. The molecule has 2 atom stereocenters. The lowest BCUT2D eigenvalue weighted by atomic mass is 10.1. The minimum Gasteiger partial charge on any atom is -0.464 e. The van der Waals surface area contributed by atoms with Crippen LogP contribution in [0.5, 0.6) is 0 Å². The van der Waals surface area contributed by atoms with Crippen molar-refractivity contribution in [3.8, 4) is 0 Å². The van der Waals surface area contributed by atoms with Crippen molar-refractivity contribution in [1.29, 1.82) is 0 Å². The van der Waals surface area contributed by atoms with Gasteiger partial charge in [0, 0.05) is 4.43 Å². The minimum atomic E-state index is -0.312. The van der Waals surface area contributed by atoms with Crippen LogP contribution in [-0.2, 0) is 14.3 Å². The molecule has 0 aliphatic carbocycles. The van der Waals surface area contributed by atoms with Crippen molar-refractivity contribution in [3.05, 3.63) is 0 Å². The van der Waals surface area contributed by atoms with Crippen molar-refractivity contribution in [2.45, 2.75) is 38.4 Å². The summed E-state index contributed by atoms with van der Waals surface area (Å²) in [4.78, 5) is 11.3. The van der Waals surface area contributed by atoms with Crippen LogP contribution in [0.1, 0.15) is 26.2 Å². The monoisotopic (exact) mass is 298 g/mol. The summed E-state index contributed by atoms with van der Waals surface area (Å²) in [5.74, 6) is -0.197. The molecule has 1 aliphatic rings. The molecule has 1 heterocycles. The van der Waals surface area contributed by atoms with Crippen molar-refractivity contribution >= 4 is 28.6 Å². The van der Waals surface area contributed by atoms with Gasteiger partial charge in [0.2, 0.25) is 0 Å². The zero-order valence-electron chi connectivity index (χ0n) is 7.79. The maximum absolute atomic E-state index is 11.3. The maximum Gasteiger partial charge on any atom is 0.335 e. The summed E-state index contributed by atoms with van der Waals surface area (Å²) < 4.78 is 11.4. The molecular weight excluding hydrogens is 283 g/mol. The number of rotatable bonds is 3. The molecule has 0 radical (unpaired) electrons. The Labute approximate surface area is 92.3 Å². The first kappa shape index (κ1) is 11.2. The molecule has 0 amide bonds. The van der Waals surface area contributed by atoms with E-state index in [0.717, 1.165) is 23.7 Å². The Morgan fingerprint density at radius 1 is 1.62 bits per heavy atom. The van der Waals surface area contributed by atoms with Gasteiger partial charge < -0.3 is 9.47 Å². The van der Waals surface area contributed by atoms with Crippen LogP contribution in [0.25, 0.3) is 0 Å². The molecule has 3 nitrogen and oxygen atoms in total. The van der Waals surface area contributed by atoms with Crippen LogP contribution in [0, 0.1) is 0 Å². The molecule has 0 spiro atoms. The Morgan fingerprint density at radius 3 is 3.00 bits per heavy atom. The van der Waals surface area contributed by atoms with Crippen LogP contribution < -0.4 is 0 Å². The zero-order chi connectivity index (χ0) is 9.68. The highest BCUT2D eigenvalue weighted by Crippen LogP contribution is 2.21. The van der Waals surface area contributed by atoms with Gasteiger partial charge in [0.15, 0.2) is 6.10 Å². The molecule has 0 aromatic heterocycles. The van der Waals surface area contributed by atoms with E-state index in [1.165, 1.54) is 0 Å². The maximum atomic E-state index is 11.3. The van der Waals surface area contributed by atoms with Gasteiger partial charge in [-0.25, -0.2) is 4.79 Å². The molecule has 76 valence electrons. The largest absolute Gasteiger partial charge is 0.464 e. The minimum absolute atomic E-state index is 0.197. The van der Waals surface area contributed by atoms with Gasteiger partial charge in [-0.05, 0) is 26.2 Å².